The maximum Gasteiger partial charge on any atom is 0.259 e. The molecular formula is C14H12N2OS. The zero-order valence-electron chi connectivity index (χ0n) is 10.2. The minimum absolute atomic E-state index is 0.0687. The van der Waals surface area contributed by atoms with Gasteiger partial charge in [0.25, 0.3) is 5.56 Å². The van der Waals surface area contributed by atoms with E-state index >= 15 is 0 Å². The first-order valence-corrected chi connectivity index (χ1v) is 6.52. The second kappa shape index (κ2) is 4.07. The Morgan fingerprint density at radius 3 is 2.83 bits per heavy atom. The molecule has 0 saturated carbocycles. The molecule has 3 nitrogen and oxygen atoms in total. The van der Waals surface area contributed by atoms with E-state index in [0.717, 1.165) is 20.8 Å². The molecule has 0 fully saturated rings. The van der Waals surface area contributed by atoms with E-state index in [1.807, 2.05) is 44.2 Å². The zero-order chi connectivity index (χ0) is 12.7. The summed E-state index contributed by atoms with van der Waals surface area (Å²) in [5.74, 6) is 0.637. The SMILES string of the molecule is Cc1cccc(-c2nc3sc(C)cc3c(=O)[nH]2)c1. The van der Waals surface area contributed by atoms with Crippen LogP contribution < -0.4 is 5.56 Å². The Kier molecular flexibility index (Phi) is 2.52. The Bertz CT molecular complexity index is 786. The number of aryl methyl sites for hydroxylation is 2. The van der Waals surface area contributed by atoms with Crippen LogP contribution in [-0.2, 0) is 0 Å². The minimum atomic E-state index is -0.0687. The number of H-pyrrole nitrogens is 1. The van der Waals surface area contributed by atoms with Gasteiger partial charge in [-0.2, -0.15) is 0 Å². The lowest BCUT2D eigenvalue weighted by atomic mass is 10.1. The summed E-state index contributed by atoms with van der Waals surface area (Å²) in [6, 6.07) is 9.85. The molecule has 18 heavy (non-hydrogen) atoms. The second-order valence-corrected chi connectivity index (χ2v) is 5.59. The smallest absolute Gasteiger partial charge is 0.259 e. The van der Waals surface area contributed by atoms with Gasteiger partial charge >= 0.3 is 0 Å². The van der Waals surface area contributed by atoms with Crippen LogP contribution in [0, 0.1) is 13.8 Å². The molecule has 0 unspecified atom stereocenters. The molecule has 0 saturated heterocycles. The average molecular weight is 256 g/mol. The predicted molar refractivity (Wildman–Crippen MR) is 75.2 cm³/mol. The maximum atomic E-state index is 12.0. The molecule has 2 aromatic heterocycles. The lowest BCUT2D eigenvalue weighted by Crippen LogP contribution is -2.07. The molecule has 3 aromatic rings. The van der Waals surface area contributed by atoms with Gasteiger partial charge in [0.2, 0.25) is 0 Å². The van der Waals surface area contributed by atoms with Crippen molar-refractivity contribution in [2.45, 2.75) is 13.8 Å². The van der Waals surface area contributed by atoms with Crippen molar-refractivity contribution in [1.82, 2.24) is 9.97 Å². The van der Waals surface area contributed by atoms with E-state index < -0.39 is 0 Å². The summed E-state index contributed by atoms with van der Waals surface area (Å²) in [6.07, 6.45) is 0. The summed E-state index contributed by atoms with van der Waals surface area (Å²) in [5, 5.41) is 0.675. The van der Waals surface area contributed by atoms with Gasteiger partial charge in [0.05, 0.1) is 5.39 Å². The minimum Gasteiger partial charge on any atom is -0.306 e. The van der Waals surface area contributed by atoms with Gasteiger partial charge in [0.1, 0.15) is 10.7 Å². The molecule has 0 bridgehead atoms. The van der Waals surface area contributed by atoms with Gasteiger partial charge in [-0.1, -0.05) is 23.8 Å². The first-order chi connectivity index (χ1) is 8.63. The van der Waals surface area contributed by atoms with E-state index in [9.17, 15) is 4.79 Å². The zero-order valence-corrected chi connectivity index (χ0v) is 11.0. The highest BCUT2D eigenvalue weighted by Crippen LogP contribution is 2.23. The summed E-state index contributed by atoms with van der Waals surface area (Å²) in [7, 11) is 0. The molecule has 0 aliphatic carbocycles. The third kappa shape index (κ3) is 1.84. The fraction of sp³-hybridized carbons (Fsp3) is 0.143. The van der Waals surface area contributed by atoms with Crippen LogP contribution in [0.25, 0.3) is 21.6 Å². The number of benzene rings is 1. The van der Waals surface area contributed by atoms with Crippen LogP contribution in [0.1, 0.15) is 10.4 Å². The molecule has 1 N–H and O–H groups in total. The highest BCUT2D eigenvalue weighted by molar-refractivity contribution is 7.18. The van der Waals surface area contributed by atoms with Crippen molar-refractivity contribution in [2.75, 3.05) is 0 Å². The monoisotopic (exact) mass is 256 g/mol. The number of nitrogens with zero attached hydrogens (tertiary/aromatic N) is 1. The third-order valence-electron chi connectivity index (χ3n) is 2.82. The van der Waals surface area contributed by atoms with Crippen molar-refractivity contribution in [3.05, 3.63) is 51.1 Å². The fourth-order valence-corrected chi connectivity index (χ4v) is 2.86. The standard InChI is InChI=1S/C14H12N2OS/c1-8-4-3-5-10(6-8)12-15-13(17)11-7-9(2)18-14(11)16-12/h3-7H,1-2H3,(H,15,16,17). The van der Waals surface area contributed by atoms with Crippen LogP contribution in [0.2, 0.25) is 0 Å². The normalized spacial score (nSPS) is 11.0. The summed E-state index contributed by atoms with van der Waals surface area (Å²) in [5.41, 5.74) is 2.03. The highest BCUT2D eigenvalue weighted by Gasteiger charge is 2.08. The molecule has 0 atom stereocenters. The van der Waals surface area contributed by atoms with Crippen LogP contribution in [0.3, 0.4) is 0 Å². The van der Waals surface area contributed by atoms with E-state index in [1.54, 1.807) is 11.3 Å². The van der Waals surface area contributed by atoms with Crippen molar-refractivity contribution in [3.8, 4) is 11.4 Å². The van der Waals surface area contributed by atoms with Gasteiger partial charge in [-0.15, -0.1) is 11.3 Å². The van der Waals surface area contributed by atoms with E-state index in [2.05, 4.69) is 9.97 Å². The Labute approximate surface area is 108 Å². The number of rotatable bonds is 1. The summed E-state index contributed by atoms with van der Waals surface area (Å²) < 4.78 is 0. The number of aromatic nitrogens is 2. The highest BCUT2D eigenvalue weighted by atomic mass is 32.1. The van der Waals surface area contributed by atoms with Crippen LogP contribution in [0.15, 0.2) is 35.1 Å². The molecule has 0 radical (unpaired) electrons. The predicted octanol–water partition coefficient (Wildman–Crippen LogP) is 3.27. The molecule has 2 heterocycles. The maximum absolute atomic E-state index is 12.0. The van der Waals surface area contributed by atoms with Gasteiger partial charge in [-0.3, -0.25) is 4.79 Å². The molecule has 1 aromatic carbocycles. The number of thiophene rings is 1. The fourth-order valence-electron chi connectivity index (χ4n) is 1.98. The van der Waals surface area contributed by atoms with Crippen molar-refractivity contribution in [3.63, 3.8) is 0 Å². The van der Waals surface area contributed by atoms with E-state index in [-0.39, 0.29) is 5.56 Å². The first-order valence-electron chi connectivity index (χ1n) is 5.71. The van der Waals surface area contributed by atoms with Gasteiger partial charge in [-0.05, 0) is 26.0 Å². The number of aromatic amines is 1. The number of hydrogen-bond acceptors (Lipinski definition) is 3. The van der Waals surface area contributed by atoms with E-state index in [0.29, 0.717) is 11.2 Å². The molecule has 3 rings (SSSR count). The Morgan fingerprint density at radius 1 is 1.22 bits per heavy atom. The Hall–Kier alpha value is -1.94. The van der Waals surface area contributed by atoms with Gasteiger partial charge in [0, 0.05) is 10.4 Å². The van der Waals surface area contributed by atoms with Crippen LogP contribution in [0.4, 0.5) is 0 Å². The molecule has 0 amide bonds. The van der Waals surface area contributed by atoms with E-state index in [1.165, 1.54) is 0 Å². The summed E-state index contributed by atoms with van der Waals surface area (Å²) in [4.78, 5) is 21.3. The average Bonchev–Trinajstić information content (AvgIpc) is 2.70. The van der Waals surface area contributed by atoms with Crippen molar-refractivity contribution >= 4 is 21.6 Å². The largest absolute Gasteiger partial charge is 0.306 e. The first kappa shape index (κ1) is 11.2. The summed E-state index contributed by atoms with van der Waals surface area (Å²) >= 11 is 1.55. The molecule has 0 aliphatic heterocycles. The van der Waals surface area contributed by atoms with Crippen molar-refractivity contribution in [2.24, 2.45) is 0 Å². The van der Waals surface area contributed by atoms with Crippen LogP contribution >= 0.6 is 11.3 Å². The Morgan fingerprint density at radius 2 is 2.06 bits per heavy atom. The lowest BCUT2D eigenvalue weighted by molar-refractivity contribution is 1.19. The van der Waals surface area contributed by atoms with E-state index in [4.69, 9.17) is 0 Å². The van der Waals surface area contributed by atoms with Gasteiger partial charge in [0.15, 0.2) is 0 Å². The number of hydrogen-bond donors (Lipinski definition) is 1. The van der Waals surface area contributed by atoms with Crippen LogP contribution in [0.5, 0.6) is 0 Å². The second-order valence-electron chi connectivity index (χ2n) is 4.36. The summed E-state index contributed by atoms with van der Waals surface area (Å²) in [6.45, 7) is 4.01. The molecule has 0 spiro atoms. The molecule has 4 heteroatoms. The third-order valence-corrected chi connectivity index (χ3v) is 3.76. The molecular weight excluding hydrogens is 244 g/mol. The molecule has 90 valence electrons. The number of nitrogens with one attached hydrogen (secondary N) is 1. The molecule has 0 aliphatic rings. The van der Waals surface area contributed by atoms with Crippen LogP contribution in [-0.4, -0.2) is 9.97 Å². The Balaban J connectivity index is 2.27. The van der Waals surface area contributed by atoms with Crippen molar-refractivity contribution < 1.29 is 0 Å². The lowest BCUT2D eigenvalue weighted by Gasteiger charge is -2.01. The van der Waals surface area contributed by atoms with Crippen molar-refractivity contribution in [1.29, 1.82) is 0 Å². The quantitative estimate of drug-likeness (QED) is 0.726. The van der Waals surface area contributed by atoms with Gasteiger partial charge < -0.3 is 4.98 Å². The topological polar surface area (TPSA) is 45.8 Å². The number of fused-ring (bicyclic) bond motifs is 1. The van der Waals surface area contributed by atoms with Gasteiger partial charge in [-0.25, -0.2) is 4.98 Å².